The molecule has 0 aliphatic heterocycles. The van der Waals surface area contributed by atoms with Crippen molar-refractivity contribution in [3.05, 3.63) is 84.4 Å². The third-order valence-corrected chi connectivity index (χ3v) is 6.19. The number of carbonyl (C=O) groups excluding carboxylic acids is 1. The molecule has 174 valence electrons. The summed E-state index contributed by atoms with van der Waals surface area (Å²) < 4.78 is 36.9. The van der Waals surface area contributed by atoms with Gasteiger partial charge in [0.1, 0.15) is 23.8 Å². The number of ether oxygens (including phenoxy) is 2. The van der Waals surface area contributed by atoms with Crippen molar-refractivity contribution in [1.82, 2.24) is 5.32 Å². The van der Waals surface area contributed by atoms with Crippen LogP contribution in [0, 0.1) is 0 Å². The van der Waals surface area contributed by atoms with E-state index in [-0.39, 0.29) is 12.6 Å². The second-order valence-electron chi connectivity index (χ2n) is 7.48. The van der Waals surface area contributed by atoms with Crippen molar-refractivity contribution in [2.75, 3.05) is 24.2 Å². The highest BCUT2D eigenvalue weighted by atomic mass is 32.2. The van der Waals surface area contributed by atoms with E-state index in [1.54, 1.807) is 31.4 Å². The normalized spacial score (nSPS) is 12.0. The highest BCUT2D eigenvalue weighted by Crippen LogP contribution is 2.26. The van der Waals surface area contributed by atoms with Crippen LogP contribution in [0.4, 0.5) is 5.69 Å². The number of methoxy groups -OCH3 is 1. The van der Waals surface area contributed by atoms with E-state index in [4.69, 9.17) is 9.47 Å². The first kappa shape index (κ1) is 24.1. The molecule has 0 aromatic heterocycles. The van der Waals surface area contributed by atoms with Crippen molar-refractivity contribution in [3.63, 3.8) is 0 Å². The van der Waals surface area contributed by atoms with Crippen LogP contribution in [0.5, 0.6) is 17.2 Å². The summed E-state index contributed by atoms with van der Waals surface area (Å²) in [6.45, 7) is 1.62. The van der Waals surface area contributed by atoms with Crippen LogP contribution in [0.2, 0.25) is 0 Å². The van der Waals surface area contributed by atoms with Gasteiger partial charge in [-0.05, 0) is 60.5 Å². The molecule has 1 N–H and O–H groups in total. The third kappa shape index (κ3) is 6.73. The average Bonchev–Trinajstić information content (AvgIpc) is 2.82. The Labute approximate surface area is 195 Å². The predicted molar refractivity (Wildman–Crippen MR) is 129 cm³/mol. The lowest BCUT2D eigenvalue weighted by Crippen LogP contribution is -2.41. The minimum atomic E-state index is -3.69. The number of rotatable bonds is 10. The number of amides is 1. The molecule has 3 aromatic rings. The Hall–Kier alpha value is -3.52. The van der Waals surface area contributed by atoms with Gasteiger partial charge in [-0.15, -0.1) is 0 Å². The van der Waals surface area contributed by atoms with Crippen molar-refractivity contribution in [3.8, 4) is 17.2 Å². The lowest BCUT2D eigenvalue weighted by Gasteiger charge is -2.24. The smallest absolute Gasteiger partial charge is 0.241 e. The molecule has 0 aliphatic rings. The number of nitrogens with one attached hydrogen (secondary N) is 1. The minimum Gasteiger partial charge on any atom is -0.497 e. The topological polar surface area (TPSA) is 84.9 Å². The molecule has 0 fully saturated rings. The molecule has 0 radical (unpaired) electrons. The standard InChI is InChI=1S/C25H28N2O5S/c1-4-24(19-10-14-21(31-2)15-11-19)26-25(28)18-27(33(3,29)30)20-12-16-23(17-13-20)32-22-8-6-5-7-9-22/h5-17,24H,4,18H2,1-3H3,(H,26,28)/t24-/m1/s1. The Morgan fingerprint density at radius 3 is 2.03 bits per heavy atom. The molecule has 0 unspecified atom stereocenters. The fraction of sp³-hybridized carbons (Fsp3) is 0.240. The maximum Gasteiger partial charge on any atom is 0.241 e. The van der Waals surface area contributed by atoms with Gasteiger partial charge < -0.3 is 14.8 Å². The van der Waals surface area contributed by atoms with Gasteiger partial charge >= 0.3 is 0 Å². The van der Waals surface area contributed by atoms with Crippen molar-refractivity contribution in [2.45, 2.75) is 19.4 Å². The van der Waals surface area contributed by atoms with Gasteiger partial charge in [0.2, 0.25) is 15.9 Å². The van der Waals surface area contributed by atoms with Crippen LogP contribution in [0.25, 0.3) is 0 Å². The molecule has 0 spiro atoms. The highest BCUT2D eigenvalue weighted by molar-refractivity contribution is 7.92. The van der Waals surface area contributed by atoms with Crippen LogP contribution >= 0.6 is 0 Å². The third-order valence-electron chi connectivity index (χ3n) is 5.05. The van der Waals surface area contributed by atoms with Gasteiger partial charge in [-0.1, -0.05) is 37.3 Å². The van der Waals surface area contributed by atoms with Crippen LogP contribution in [0.3, 0.4) is 0 Å². The number of carbonyl (C=O) groups is 1. The van der Waals surface area contributed by atoms with Gasteiger partial charge in [0.15, 0.2) is 0 Å². The van der Waals surface area contributed by atoms with Gasteiger partial charge in [0.25, 0.3) is 0 Å². The molecule has 7 nitrogen and oxygen atoms in total. The molecule has 1 amide bonds. The van der Waals surface area contributed by atoms with E-state index in [2.05, 4.69) is 5.32 Å². The first-order chi connectivity index (χ1) is 15.8. The molecule has 8 heteroatoms. The van der Waals surface area contributed by atoms with Gasteiger partial charge in [0, 0.05) is 0 Å². The Kier molecular flexibility index (Phi) is 7.95. The molecule has 3 aromatic carbocycles. The van der Waals surface area contributed by atoms with Crippen LogP contribution in [-0.4, -0.2) is 34.2 Å². The largest absolute Gasteiger partial charge is 0.497 e. The number of sulfonamides is 1. The van der Waals surface area contributed by atoms with Crippen molar-refractivity contribution in [1.29, 1.82) is 0 Å². The summed E-state index contributed by atoms with van der Waals surface area (Å²) in [5.74, 6) is 1.57. The quantitative estimate of drug-likeness (QED) is 0.473. The molecule has 1 atom stereocenters. The molecular weight excluding hydrogens is 440 g/mol. The first-order valence-corrected chi connectivity index (χ1v) is 12.4. The second kappa shape index (κ2) is 10.9. The molecule has 0 bridgehead atoms. The molecule has 0 saturated heterocycles. The number of benzene rings is 3. The maximum atomic E-state index is 12.8. The number of nitrogens with zero attached hydrogens (tertiary/aromatic N) is 1. The first-order valence-electron chi connectivity index (χ1n) is 10.5. The zero-order valence-corrected chi connectivity index (χ0v) is 19.7. The zero-order chi connectivity index (χ0) is 23.8. The maximum absolute atomic E-state index is 12.8. The summed E-state index contributed by atoms with van der Waals surface area (Å²) in [5, 5.41) is 2.93. The van der Waals surface area contributed by atoms with Crippen LogP contribution < -0.4 is 19.1 Å². The van der Waals surface area contributed by atoms with Gasteiger partial charge in [-0.3, -0.25) is 9.10 Å². The Morgan fingerprint density at radius 2 is 1.48 bits per heavy atom. The fourth-order valence-corrected chi connectivity index (χ4v) is 4.19. The summed E-state index contributed by atoms with van der Waals surface area (Å²) >= 11 is 0. The Morgan fingerprint density at radius 1 is 0.909 bits per heavy atom. The van der Waals surface area contributed by atoms with E-state index < -0.39 is 15.9 Å². The molecule has 3 rings (SSSR count). The molecule has 33 heavy (non-hydrogen) atoms. The fourth-order valence-electron chi connectivity index (χ4n) is 3.33. The summed E-state index contributed by atoms with van der Waals surface area (Å²) in [6.07, 6.45) is 1.73. The Balaban J connectivity index is 1.71. The average molecular weight is 469 g/mol. The summed E-state index contributed by atoms with van der Waals surface area (Å²) in [6, 6.07) is 23.0. The Bertz CT molecular complexity index is 1150. The number of para-hydroxylation sites is 1. The second-order valence-corrected chi connectivity index (χ2v) is 9.39. The lowest BCUT2D eigenvalue weighted by atomic mass is 10.0. The number of hydrogen-bond donors (Lipinski definition) is 1. The molecule has 0 saturated carbocycles. The predicted octanol–water partition coefficient (Wildman–Crippen LogP) is 4.52. The van der Waals surface area contributed by atoms with E-state index >= 15 is 0 Å². The van der Waals surface area contributed by atoms with Crippen LogP contribution in [0.1, 0.15) is 24.9 Å². The summed E-state index contributed by atoms with van der Waals surface area (Å²) in [4.78, 5) is 12.8. The molecule has 0 heterocycles. The van der Waals surface area contributed by atoms with Crippen molar-refractivity contribution in [2.24, 2.45) is 0 Å². The monoisotopic (exact) mass is 468 g/mol. The SMILES string of the molecule is CC[C@@H](NC(=O)CN(c1ccc(Oc2ccccc2)cc1)S(C)(=O)=O)c1ccc(OC)cc1. The van der Waals surface area contributed by atoms with Gasteiger partial charge in [0.05, 0.1) is 25.1 Å². The van der Waals surface area contributed by atoms with E-state index in [0.717, 1.165) is 21.9 Å². The van der Waals surface area contributed by atoms with Gasteiger partial charge in [-0.2, -0.15) is 0 Å². The summed E-state index contributed by atoms with van der Waals surface area (Å²) in [5.41, 5.74) is 1.30. The van der Waals surface area contributed by atoms with Crippen LogP contribution in [0.15, 0.2) is 78.9 Å². The van der Waals surface area contributed by atoms with Crippen LogP contribution in [-0.2, 0) is 14.8 Å². The lowest BCUT2D eigenvalue weighted by molar-refractivity contribution is -0.120. The minimum absolute atomic E-state index is 0.244. The number of hydrogen-bond acceptors (Lipinski definition) is 5. The molecular formula is C25H28N2O5S. The van der Waals surface area contributed by atoms with E-state index in [1.165, 1.54) is 0 Å². The van der Waals surface area contributed by atoms with E-state index in [9.17, 15) is 13.2 Å². The summed E-state index contributed by atoms with van der Waals surface area (Å²) in [7, 11) is -2.09. The van der Waals surface area contributed by atoms with Crippen molar-refractivity contribution >= 4 is 21.6 Å². The zero-order valence-electron chi connectivity index (χ0n) is 18.9. The van der Waals surface area contributed by atoms with Crippen molar-refractivity contribution < 1.29 is 22.7 Å². The van der Waals surface area contributed by atoms with Gasteiger partial charge in [-0.25, -0.2) is 8.42 Å². The number of anilines is 1. The molecule has 0 aliphatic carbocycles. The van der Waals surface area contributed by atoms with E-state index in [0.29, 0.717) is 23.6 Å². The highest BCUT2D eigenvalue weighted by Gasteiger charge is 2.22. The van der Waals surface area contributed by atoms with E-state index in [1.807, 2.05) is 61.5 Å².